The summed E-state index contributed by atoms with van der Waals surface area (Å²) >= 11 is 0. The third kappa shape index (κ3) is 3.58. The van der Waals surface area contributed by atoms with Crippen LogP contribution in [0, 0.1) is 6.92 Å². The molecule has 0 fully saturated rings. The van der Waals surface area contributed by atoms with Gasteiger partial charge in [0.25, 0.3) is 0 Å². The lowest BCUT2D eigenvalue weighted by molar-refractivity contribution is 0.979. The molecule has 0 amide bonds. The highest BCUT2D eigenvalue weighted by molar-refractivity contribution is 5.23. The molecule has 0 saturated carbocycles. The Morgan fingerprint density at radius 2 is 1.77 bits per heavy atom. The van der Waals surface area contributed by atoms with Crippen LogP contribution in [0.2, 0.25) is 0 Å². The highest BCUT2D eigenvalue weighted by atomic mass is 14.7. The second-order valence-corrected chi connectivity index (χ2v) is 2.81. The van der Waals surface area contributed by atoms with Crippen molar-refractivity contribution < 1.29 is 0 Å². The van der Waals surface area contributed by atoms with E-state index in [1.54, 1.807) is 0 Å². The van der Waals surface area contributed by atoms with Gasteiger partial charge in [-0.1, -0.05) is 33.8 Å². The van der Waals surface area contributed by atoms with Gasteiger partial charge in [0.15, 0.2) is 0 Å². The predicted molar refractivity (Wildman–Crippen MR) is 59.1 cm³/mol. The monoisotopic (exact) mass is 179 g/mol. The van der Waals surface area contributed by atoms with Crippen molar-refractivity contribution in [3.63, 3.8) is 0 Å². The zero-order chi connectivity index (χ0) is 10.3. The van der Waals surface area contributed by atoms with Crippen LogP contribution in [0.25, 0.3) is 0 Å². The van der Waals surface area contributed by atoms with Crippen molar-refractivity contribution in [1.29, 1.82) is 0 Å². The molecule has 0 spiro atoms. The highest BCUT2D eigenvalue weighted by Gasteiger charge is 1.97. The van der Waals surface area contributed by atoms with E-state index in [4.69, 9.17) is 0 Å². The Morgan fingerprint density at radius 3 is 2.15 bits per heavy atom. The smallest absolute Gasteiger partial charge is 0.0430 e. The van der Waals surface area contributed by atoms with Crippen LogP contribution in [0.5, 0.6) is 0 Å². The Kier molecular flexibility index (Phi) is 6.21. The normalized spacial score (nSPS) is 9.00. The Balaban J connectivity index is 0.000000671. The summed E-state index contributed by atoms with van der Waals surface area (Å²) in [6, 6.07) is 2.23. The largest absolute Gasteiger partial charge is 0.261 e. The molecule has 1 heterocycles. The van der Waals surface area contributed by atoms with Gasteiger partial charge in [-0.25, -0.2) is 0 Å². The van der Waals surface area contributed by atoms with Gasteiger partial charge in [0.2, 0.25) is 0 Å². The molecule has 1 heteroatoms. The van der Waals surface area contributed by atoms with E-state index in [0.717, 1.165) is 12.8 Å². The third-order valence-corrected chi connectivity index (χ3v) is 1.99. The fourth-order valence-corrected chi connectivity index (χ4v) is 1.22. The average molecular weight is 179 g/mol. The summed E-state index contributed by atoms with van der Waals surface area (Å²) in [5.41, 5.74) is 3.88. The molecule has 0 bridgehead atoms. The molecule has 0 radical (unpaired) electrons. The van der Waals surface area contributed by atoms with Crippen LogP contribution in [0.4, 0.5) is 0 Å². The molecule has 0 aliphatic heterocycles. The first kappa shape index (κ1) is 12.2. The number of rotatable bonds is 2. The molecule has 74 valence electrons. The van der Waals surface area contributed by atoms with Crippen molar-refractivity contribution in [3.8, 4) is 0 Å². The average Bonchev–Trinajstić information content (AvgIpc) is 2.20. The first-order chi connectivity index (χ1) is 6.27. The van der Waals surface area contributed by atoms with Crippen molar-refractivity contribution in [2.24, 2.45) is 0 Å². The molecule has 1 nitrogen and oxygen atoms in total. The van der Waals surface area contributed by atoms with Gasteiger partial charge in [-0.05, 0) is 30.9 Å². The third-order valence-electron chi connectivity index (χ3n) is 1.99. The van der Waals surface area contributed by atoms with Gasteiger partial charge in [-0.3, -0.25) is 4.98 Å². The summed E-state index contributed by atoms with van der Waals surface area (Å²) in [5.74, 6) is 0. The van der Waals surface area contributed by atoms with E-state index in [0.29, 0.717) is 0 Å². The van der Waals surface area contributed by atoms with Crippen molar-refractivity contribution >= 4 is 0 Å². The van der Waals surface area contributed by atoms with Gasteiger partial charge in [0.05, 0.1) is 0 Å². The van der Waals surface area contributed by atoms with E-state index in [1.165, 1.54) is 16.8 Å². The minimum Gasteiger partial charge on any atom is -0.261 e. The lowest BCUT2D eigenvalue weighted by atomic mass is 10.1. The van der Waals surface area contributed by atoms with Crippen LogP contribution in [0.1, 0.15) is 44.5 Å². The maximum Gasteiger partial charge on any atom is 0.0430 e. The fraction of sp³-hybridized carbons (Fsp3) is 0.583. The van der Waals surface area contributed by atoms with Crippen molar-refractivity contribution in [3.05, 3.63) is 29.1 Å². The van der Waals surface area contributed by atoms with Crippen LogP contribution >= 0.6 is 0 Å². The Labute approximate surface area is 82.2 Å². The lowest BCUT2D eigenvalue weighted by Gasteiger charge is -2.02. The van der Waals surface area contributed by atoms with Gasteiger partial charge >= 0.3 is 0 Å². The zero-order valence-corrected chi connectivity index (χ0v) is 9.52. The summed E-state index contributed by atoms with van der Waals surface area (Å²) in [7, 11) is 0. The van der Waals surface area contributed by atoms with Crippen molar-refractivity contribution in [2.45, 2.75) is 47.5 Å². The molecule has 0 aromatic carbocycles. The fourth-order valence-electron chi connectivity index (χ4n) is 1.22. The van der Waals surface area contributed by atoms with Crippen LogP contribution in [-0.4, -0.2) is 4.98 Å². The molecule has 0 saturated heterocycles. The molecule has 1 aromatic heterocycles. The van der Waals surface area contributed by atoms with Gasteiger partial charge < -0.3 is 0 Å². The van der Waals surface area contributed by atoms with E-state index < -0.39 is 0 Å². The molecule has 13 heavy (non-hydrogen) atoms. The van der Waals surface area contributed by atoms with Crippen LogP contribution in [0.3, 0.4) is 0 Å². The van der Waals surface area contributed by atoms with Gasteiger partial charge in [0.1, 0.15) is 0 Å². The van der Waals surface area contributed by atoms with Gasteiger partial charge in [-0.15, -0.1) is 0 Å². The number of nitrogens with zero attached hydrogens (tertiary/aromatic N) is 1. The SMILES string of the molecule is CC.CCc1cnc(CC)c(C)c1. The quantitative estimate of drug-likeness (QED) is 0.676. The topological polar surface area (TPSA) is 12.9 Å². The molecule has 0 N–H and O–H groups in total. The zero-order valence-electron chi connectivity index (χ0n) is 9.52. The summed E-state index contributed by atoms with van der Waals surface area (Å²) in [6.45, 7) is 10.4. The second kappa shape index (κ2) is 6.64. The number of hydrogen-bond donors (Lipinski definition) is 0. The molecule has 1 rings (SSSR count). The van der Waals surface area contributed by atoms with Crippen LogP contribution < -0.4 is 0 Å². The maximum absolute atomic E-state index is 4.37. The molecule has 1 aromatic rings. The van der Waals surface area contributed by atoms with Crippen LogP contribution in [0.15, 0.2) is 12.3 Å². The van der Waals surface area contributed by atoms with E-state index in [2.05, 4.69) is 31.8 Å². The molecule has 0 aliphatic rings. The Bertz CT molecular complexity index is 241. The van der Waals surface area contributed by atoms with E-state index in [1.807, 2.05) is 20.0 Å². The van der Waals surface area contributed by atoms with E-state index in [9.17, 15) is 0 Å². The first-order valence-corrected chi connectivity index (χ1v) is 5.22. The standard InChI is InChI=1S/C10H15N.C2H6/c1-4-9-6-8(3)10(5-2)11-7-9;1-2/h6-7H,4-5H2,1-3H3;1-2H3. The minimum absolute atomic E-state index is 1.04. The summed E-state index contributed by atoms with van der Waals surface area (Å²) in [4.78, 5) is 4.37. The molecule has 0 unspecified atom stereocenters. The minimum atomic E-state index is 1.04. The van der Waals surface area contributed by atoms with E-state index in [-0.39, 0.29) is 0 Å². The number of aryl methyl sites for hydroxylation is 3. The second-order valence-electron chi connectivity index (χ2n) is 2.81. The molecular formula is C12H21N. The van der Waals surface area contributed by atoms with Gasteiger partial charge in [-0.2, -0.15) is 0 Å². The predicted octanol–water partition coefficient (Wildman–Crippen LogP) is 3.54. The first-order valence-electron chi connectivity index (χ1n) is 5.22. The molecular weight excluding hydrogens is 158 g/mol. The van der Waals surface area contributed by atoms with Crippen molar-refractivity contribution in [2.75, 3.05) is 0 Å². The molecule has 0 aliphatic carbocycles. The number of pyridine rings is 1. The van der Waals surface area contributed by atoms with Gasteiger partial charge in [0, 0.05) is 11.9 Å². The number of aromatic nitrogens is 1. The van der Waals surface area contributed by atoms with E-state index >= 15 is 0 Å². The van der Waals surface area contributed by atoms with Crippen molar-refractivity contribution in [1.82, 2.24) is 4.98 Å². The Morgan fingerprint density at radius 1 is 1.15 bits per heavy atom. The lowest BCUT2D eigenvalue weighted by Crippen LogP contribution is -1.93. The summed E-state index contributed by atoms with van der Waals surface area (Å²) in [6.07, 6.45) is 4.10. The highest BCUT2D eigenvalue weighted by Crippen LogP contribution is 2.08. The van der Waals surface area contributed by atoms with Crippen LogP contribution in [-0.2, 0) is 12.8 Å². The maximum atomic E-state index is 4.37. The summed E-state index contributed by atoms with van der Waals surface area (Å²) in [5, 5.41) is 0. The number of hydrogen-bond acceptors (Lipinski definition) is 1. The molecule has 0 atom stereocenters. The Hall–Kier alpha value is -0.850. The summed E-state index contributed by atoms with van der Waals surface area (Å²) < 4.78 is 0.